The van der Waals surface area contributed by atoms with Crippen molar-refractivity contribution >= 4 is 51.0 Å². The number of nitrogens with one attached hydrogen (secondary N) is 1. The molecule has 174 valence electrons. The van der Waals surface area contributed by atoms with Crippen molar-refractivity contribution in [3.05, 3.63) is 77.0 Å². The van der Waals surface area contributed by atoms with Crippen LogP contribution in [0, 0.1) is 6.92 Å². The van der Waals surface area contributed by atoms with Crippen LogP contribution >= 0.6 is 39.5 Å². The van der Waals surface area contributed by atoms with Gasteiger partial charge in [-0.1, -0.05) is 39.5 Å². The highest BCUT2D eigenvalue weighted by molar-refractivity contribution is 9.10. The van der Waals surface area contributed by atoms with Gasteiger partial charge in [-0.2, -0.15) is 8.78 Å². The summed E-state index contributed by atoms with van der Waals surface area (Å²) in [6.45, 7) is 1.95. The number of aryl methyl sites for hydroxylation is 1. The number of hydrogen-bond donors (Lipinski definition) is 1. The molecule has 0 aliphatic rings. The summed E-state index contributed by atoms with van der Waals surface area (Å²) in [7, 11) is 0. The molecule has 0 saturated heterocycles. The summed E-state index contributed by atoms with van der Waals surface area (Å²) in [6.07, 6.45) is 3.32. The molecule has 0 aliphatic heterocycles. The standard InChI is InChI=1S/C23H18BrF2N5OS2/c1-14-11-16(4-9-19(14)24)28-20(32)13-33-23-30-29-21(15-3-2-10-27-12-15)31(23)17-5-7-18(8-6-17)34-22(25)26/h2-12,22H,13H2,1H3,(H,28,32). The van der Waals surface area contributed by atoms with Gasteiger partial charge in [0.1, 0.15) is 0 Å². The third-order valence-electron chi connectivity index (χ3n) is 4.65. The number of alkyl halides is 2. The Morgan fingerprint density at radius 3 is 2.62 bits per heavy atom. The van der Waals surface area contributed by atoms with Crippen molar-refractivity contribution in [2.75, 3.05) is 11.1 Å². The lowest BCUT2D eigenvalue weighted by Crippen LogP contribution is -2.14. The fraction of sp³-hybridized carbons (Fsp3) is 0.130. The molecule has 0 aliphatic carbocycles. The van der Waals surface area contributed by atoms with E-state index in [4.69, 9.17) is 0 Å². The predicted octanol–water partition coefficient (Wildman–Crippen LogP) is 6.45. The lowest BCUT2D eigenvalue weighted by molar-refractivity contribution is -0.113. The Morgan fingerprint density at radius 1 is 1.15 bits per heavy atom. The van der Waals surface area contributed by atoms with Crippen LogP contribution in [0.1, 0.15) is 5.56 Å². The monoisotopic (exact) mass is 561 g/mol. The van der Waals surface area contributed by atoms with Crippen molar-refractivity contribution in [2.45, 2.75) is 22.7 Å². The summed E-state index contributed by atoms with van der Waals surface area (Å²) >= 11 is 5.16. The highest BCUT2D eigenvalue weighted by Crippen LogP contribution is 2.30. The van der Waals surface area contributed by atoms with Gasteiger partial charge in [0.25, 0.3) is 5.76 Å². The number of rotatable bonds is 8. The summed E-state index contributed by atoms with van der Waals surface area (Å²) in [5.41, 5.74) is 3.15. The topological polar surface area (TPSA) is 72.7 Å². The van der Waals surface area contributed by atoms with E-state index in [2.05, 4.69) is 36.4 Å². The van der Waals surface area contributed by atoms with Gasteiger partial charge in [-0.3, -0.25) is 14.3 Å². The molecule has 4 rings (SSSR count). The van der Waals surface area contributed by atoms with Crippen LogP contribution in [0.4, 0.5) is 14.5 Å². The first kappa shape index (κ1) is 24.4. The molecule has 0 saturated carbocycles. The average molecular weight is 562 g/mol. The lowest BCUT2D eigenvalue weighted by Gasteiger charge is -2.11. The van der Waals surface area contributed by atoms with Crippen LogP contribution in [0.5, 0.6) is 0 Å². The number of carbonyl (C=O) groups excluding carboxylic acids is 1. The number of thioether (sulfide) groups is 2. The normalized spacial score (nSPS) is 11.1. The van der Waals surface area contributed by atoms with E-state index in [-0.39, 0.29) is 11.7 Å². The molecule has 0 fully saturated rings. The van der Waals surface area contributed by atoms with E-state index in [0.717, 1.165) is 15.6 Å². The number of anilines is 1. The maximum Gasteiger partial charge on any atom is 0.288 e. The predicted molar refractivity (Wildman–Crippen MR) is 135 cm³/mol. The molecular weight excluding hydrogens is 544 g/mol. The second-order valence-corrected chi connectivity index (χ2v) is 9.92. The molecule has 0 spiro atoms. The van der Waals surface area contributed by atoms with E-state index >= 15 is 0 Å². The maximum absolute atomic E-state index is 12.7. The third-order valence-corrected chi connectivity index (χ3v) is 7.19. The second-order valence-electron chi connectivity index (χ2n) is 7.06. The van der Waals surface area contributed by atoms with E-state index in [1.807, 2.05) is 31.2 Å². The van der Waals surface area contributed by atoms with Crippen molar-refractivity contribution in [1.29, 1.82) is 0 Å². The van der Waals surface area contributed by atoms with Gasteiger partial charge >= 0.3 is 0 Å². The zero-order chi connectivity index (χ0) is 24.1. The zero-order valence-corrected chi connectivity index (χ0v) is 21.0. The van der Waals surface area contributed by atoms with Crippen molar-refractivity contribution in [3.63, 3.8) is 0 Å². The van der Waals surface area contributed by atoms with Gasteiger partial charge in [0.05, 0.1) is 5.75 Å². The van der Waals surface area contributed by atoms with Crippen LogP contribution in [-0.4, -0.2) is 37.2 Å². The van der Waals surface area contributed by atoms with Gasteiger partial charge < -0.3 is 5.32 Å². The fourth-order valence-corrected chi connectivity index (χ4v) is 4.60. The average Bonchev–Trinajstić information content (AvgIpc) is 3.25. The second kappa shape index (κ2) is 11.1. The summed E-state index contributed by atoms with van der Waals surface area (Å²) < 4.78 is 28.2. The summed E-state index contributed by atoms with van der Waals surface area (Å²) in [4.78, 5) is 17.2. The van der Waals surface area contributed by atoms with E-state index in [1.165, 1.54) is 11.8 Å². The molecule has 34 heavy (non-hydrogen) atoms. The highest BCUT2D eigenvalue weighted by Gasteiger charge is 2.18. The number of carbonyl (C=O) groups is 1. The minimum Gasteiger partial charge on any atom is -0.325 e. The number of benzene rings is 2. The summed E-state index contributed by atoms with van der Waals surface area (Å²) in [5.74, 6) is -2.04. The Labute approximate surface area is 211 Å². The lowest BCUT2D eigenvalue weighted by atomic mass is 10.2. The molecule has 1 N–H and O–H groups in total. The Balaban J connectivity index is 1.57. The Morgan fingerprint density at radius 2 is 1.94 bits per heavy atom. The van der Waals surface area contributed by atoms with Crippen LogP contribution in [-0.2, 0) is 4.79 Å². The minimum absolute atomic E-state index is 0.111. The first-order valence-electron chi connectivity index (χ1n) is 10.0. The maximum atomic E-state index is 12.7. The molecule has 4 aromatic rings. The highest BCUT2D eigenvalue weighted by atomic mass is 79.9. The van der Waals surface area contributed by atoms with Gasteiger partial charge in [0.15, 0.2) is 11.0 Å². The number of nitrogens with zero attached hydrogens (tertiary/aromatic N) is 4. The number of pyridine rings is 1. The largest absolute Gasteiger partial charge is 0.325 e. The first-order chi connectivity index (χ1) is 16.4. The molecule has 1 amide bonds. The summed E-state index contributed by atoms with van der Waals surface area (Å²) in [5, 5.41) is 12.0. The van der Waals surface area contributed by atoms with E-state index in [9.17, 15) is 13.6 Å². The molecule has 0 atom stereocenters. The van der Waals surface area contributed by atoms with Crippen LogP contribution in [0.15, 0.2) is 81.5 Å². The molecule has 2 aromatic heterocycles. The Bertz CT molecular complexity index is 1290. The number of halogens is 3. The molecular formula is C23H18BrF2N5OS2. The summed E-state index contributed by atoms with van der Waals surface area (Å²) in [6, 6.07) is 15.9. The number of amides is 1. The van der Waals surface area contributed by atoms with Crippen LogP contribution in [0.25, 0.3) is 17.1 Å². The first-order valence-corrected chi connectivity index (χ1v) is 12.7. The van der Waals surface area contributed by atoms with Crippen molar-refractivity contribution in [2.24, 2.45) is 0 Å². The van der Waals surface area contributed by atoms with Crippen LogP contribution in [0.3, 0.4) is 0 Å². The minimum atomic E-state index is -2.49. The van der Waals surface area contributed by atoms with Gasteiger partial charge in [-0.15, -0.1) is 10.2 Å². The smallest absolute Gasteiger partial charge is 0.288 e. The number of aromatic nitrogens is 4. The molecule has 2 heterocycles. The molecule has 0 radical (unpaired) electrons. The number of hydrogen-bond acceptors (Lipinski definition) is 6. The van der Waals surface area contributed by atoms with E-state index < -0.39 is 5.76 Å². The van der Waals surface area contributed by atoms with Crippen molar-refractivity contribution < 1.29 is 13.6 Å². The molecule has 0 unspecified atom stereocenters. The van der Waals surface area contributed by atoms with Gasteiger partial charge in [0, 0.05) is 38.7 Å². The Hall–Kier alpha value is -2.76. The van der Waals surface area contributed by atoms with Crippen LogP contribution < -0.4 is 5.32 Å². The van der Waals surface area contributed by atoms with Gasteiger partial charge in [-0.05, 0) is 67.1 Å². The van der Waals surface area contributed by atoms with E-state index in [1.54, 1.807) is 47.3 Å². The molecule has 0 bridgehead atoms. The quantitative estimate of drug-likeness (QED) is 0.249. The molecule has 11 heteroatoms. The third kappa shape index (κ3) is 6.02. The van der Waals surface area contributed by atoms with Crippen molar-refractivity contribution in [1.82, 2.24) is 19.7 Å². The van der Waals surface area contributed by atoms with Gasteiger partial charge in [-0.25, -0.2) is 0 Å². The van der Waals surface area contributed by atoms with Crippen molar-refractivity contribution in [3.8, 4) is 17.1 Å². The zero-order valence-electron chi connectivity index (χ0n) is 17.8. The fourth-order valence-electron chi connectivity index (χ4n) is 3.10. The van der Waals surface area contributed by atoms with Gasteiger partial charge in [0.2, 0.25) is 5.91 Å². The van der Waals surface area contributed by atoms with E-state index in [0.29, 0.717) is 39.0 Å². The van der Waals surface area contributed by atoms with Crippen LogP contribution in [0.2, 0.25) is 0 Å². The SMILES string of the molecule is Cc1cc(NC(=O)CSc2nnc(-c3cccnc3)n2-c2ccc(SC(F)F)cc2)ccc1Br. The molecule has 6 nitrogen and oxygen atoms in total. The molecule has 2 aromatic carbocycles. The Kier molecular flexibility index (Phi) is 7.96.